The molecule has 0 spiro atoms. The Bertz CT molecular complexity index is 948. The summed E-state index contributed by atoms with van der Waals surface area (Å²) in [6.07, 6.45) is 2.69. The maximum Gasteiger partial charge on any atom is 0.255 e. The van der Waals surface area contributed by atoms with E-state index in [-0.39, 0.29) is 16.0 Å². The minimum Gasteiger partial charge on any atom is -0.545 e. The van der Waals surface area contributed by atoms with Crippen molar-refractivity contribution < 1.29 is 23.1 Å². The summed E-state index contributed by atoms with van der Waals surface area (Å²) in [6, 6.07) is 11.4. The van der Waals surface area contributed by atoms with Crippen LogP contribution in [0.25, 0.3) is 0 Å². The predicted molar refractivity (Wildman–Crippen MR) is 97.8 cm³/mol. The Morgan fingerprint density at radius 1 is 0.926 bits per heavy atom. The molecule has 7 nitrogen and oxygen atoms in total. The second kappa shape index (κ2) is 7.89. The maximum atomic E-state index is 12.8. The van der Waals surface area contributed by atoms with E-state index in [1.165, 1.54) is 52.8 Å². The first-order valence-electron chi connectivity index (χ1n) is 8.61. The van der Waals surface area contributed by atoms with Crippen LogP contribution >= 0.6 is 0 Å². The number of carboxylic acid groups (broad SMARTS) is 1. The van der Waals surface area contributed by atoms with Crippen molar-refractivity contribution in [2.24, 2.45) is 0 Å². The zero-order chi connectivity index (χ0) is 19.4. The third-order valence-corrected chi connectivity index (χ3v) is 6.32. The lowest BCUT2D eigenvalue weighted by molar-refractivity contribution is -0.255. The van der Waals surface area contributed by atoms with Gasteiger partial charge in [-0.3, -0.25) is 4.79 Å². The van der Waals surface area contributed by atoms with Crippen LogP contribution in [0.4, 0.5) is 5.69 Å². The van der Waals surface area contributed by atoms with Gasteiger partial charge >= 0.3 is 0 Å². The molecule has 1 fully saturated rings. The summed E-state index contributed by atoms with van der Waals surface area (Å²) >= 11 is 0. The van der Waals surface area contributed by atoms with Gasteiger partial charge < -0.3 is 15.2 Å². The molecule has 27 heavy (non-hydrogen) atoms. The molecule has 0 radical (unpaired) electrons. The van der Waals surface area contributed by atoms with Gasteiger partial charge in [0.15, 0.2) is 0 Å². The second-order valence-corrected chi connectivity index (χ2v) is 8.25. The van der Waals surface area contributed by atoms with E-state index in [4.69, 9.17) is 0 Å². The number of amides is 1. The summed E-state index contributed by atoms with van der Waals surface area (Å²) in [4.78, 5) is 23.3. The van der Waals surface area contributed by atoms with Gasteiger partial charge in [0.2, 0.25) is 10.0 Å². The van der Waals surface area contributed by atoms with E-state index in [1.807, 2.05) is 0 Å². The molecule has 1 aliphatic rings. The molecule has 0 saturated carbocycles. The third kappa shape index (κ3) is 4.35. The van der Waals surface area contributed by atoms with Crippen molar-refractivity contribution in [3.05, 3.63) is 59.7 Å². The van der Waals surface area contributed by atoms with Crippen LogP contribution in [0.1, 0.15) is 40.0 Å². The number of hydrogen-bond donors (Lipinski definition) is 1. The Morgan fingerprint density at radius 3 is 2.22 bits per heavy atom. The number of nitrogens with one attached hydrogen (secondary N) is 1. The fourth-order valence-electron chi connectivity index (χ4n) is 2.95. The van der Waals surface area contributed by atoms with E-state index in [0.29, 0.717) is 18.8 Å². The molecule has 2 aromatic rings. The SMILES string of the molecule is O=C([O-])c1ccc(NC(=O)c2cccc(S(=O)(=O)N3CCCCC3)c2)cc1. The number of sulfonamides is 1. The third-order valence-electron chi connectivity index (χ3n) is 4.43. The van der Waals surface area contributed by atoms with E-state index in [9.17, 15) is 23.1 Å². The average molecular weight is 387 g/mol. The van der Waals surface area contributed by atoms with Crippen molar-refractivity contribution >= 4 is 27.6 Å². The van der Waals surface area contributed by atoms with Crippen LogP contribution in [-0.4, -0.2) is 37.7 Å². The largest absolute Gasteiger partial charge is 0.545 e. The predicted octanol–water partition coefficient (Wildman–Crippen LogP) is 1.48. The van der Waals surface area contributed by atoms with Crippen LogP contribution in [0, 0.1) is 0 Å². The summed E-state index contributed by atoms with van der Waals surface area (Å²) in [5, 5.41) is 13.4. The summed E-state index contributed by atoms with van der Waals surface area (Å²) in [5.41, 5.74) is 0.606. The molecule has 0 bridgehead atoms. The maximum absolute atomic E-state index is 12.8. The minimum atomic E-state index is -3.62. The highest BCUT2D eigenvalue weighted by atomic mass is 32.2. The number of benzene rings is 2. The molecular formula is C19H19N2O5S-. The first-order valence-corrected chi connectivity index (χ1v) is 10.0. The Labute approximate surface area is 157 Å². The summed E-state index contributed by atoms with van der Waals surface area (Å²) in [6.45, 7) is 0.979. The van der Waals surface area contributed by atoms with E-state index < -0.39 is 21.9 Å². The normalized spacial score (nSPS) is 15.3. The first kappa shape index (κ1) is 19.1. The van der Waals surface area contributed by atoms with Gasteiger partial charge in [-0.1, -0.05) is 24.6 Å². The molecule has 0 aromatic heterocycles. The monoisotopic (exact) mass is 387 g/mol. The molecule has 1 N–H and O–H groups in total. The van der Waals surface area contributed by atoms with Crippen molar-refractivity contribution in [1.82, 2.24) is 4.31 Å². The highest BCUT2D eigenvalue weighted by molar-refractivity contribution is 7.89. The van der Waals surface area contributed by atoms with Gasteiger partial charge in [-0.2, -0.15) is 4.31 Å². The number of rotatable bonds is 5. The van der Waals surface area contributed by atoms with Crippen molar-refractivity contribution in [3.8, 4) is 0 Å². The molecular weight excluding hydrogens is 368 g/mol. The number of carboxylic acids is 1. The number of nitrogens with zero attached hydrogens (tertiary/aromatic N) is 1. The molecule has 3 rings (SSSR count). The lowest BCUT2D eigenvalue weighted by atomic mass is 10.2. The van der Waals surface area contributed by atoms with Crippen LogP contribution in [0.3, 0.4) is 0 Å². The van der Waals surface area contributed by atoms with Crippen LogP contribution < -0.4 is 10.4 Å². The zero-order valence-corrected chi connectivity index (χ0v) is 15.4. The lowest BCUT2D eigenvalue weighted by Gasteiger charge is -2.26. The van der Waals surface area contributed by atoms with Crippen molar-refractivity contribution in [2.45, 2.75) is 24.2 Å². The van der Waals surface area contributed by atoms with E-state index in [1.54, 1.807) is 0 Å². The van der Waals surface area contributed by atoms with Crippen LogP contribution in [-0.2, 0) is 10.0 Å². The van der Waals surface area contributed by atoms with E-state index >= 15 is 0 Å². The number of anilines is 1. The molecule has 0 unspecified atom stereocenters. The smallest absolute Gasteiger partial charge is 0.255 e. The van der Waals surface area contributed by atoms with Crippen molar-refractivity contribution in [3.63, 3.8) is 0 Å². The number of carbonyl (C=O) groups excluding carboxylic acids is 2. The molecule has 1 amide bonds. The molecule has 2 aromatic carbocycles. The molecule has 0 atom stereocenters. The molecule has 142 valence electrons. The van der Waals surface area contributed by atoms with Crippen LogP contribution in [0.5, 0.6) is 0 Å². The van der Waals surface area contributed by atoms with Gasteiger partial charge in [0.1, 0.15) is 0 Å². The lowest BCUT2D eigenvalue weighted by Crippen LogP contribution is -2.35. The molecule has 0 aliphatic carbocycles. The number of piperidine rings is 1. The van der Waals surface area contributed by atoms with Gasteiger partial charge in [-0.15, -0.1) is 0 Å². The number of aromatic carboxylic acids is 1. The summed E-state index contributed by atoms with van der Waals surface area (Å²) in [5.74, 6) is -1.78. The second-order valence-electron chi connectivity index (χ2n) is 6.31. The van der Waals surface area contributed by atoms with Gasteiger partial charge in [0.25, 0.3) is 5.91 Å². The van der Waals surface area contributed by atoms with Crippen LogP contribution in [0.2, 0.25) is 0 Å². The standard InChI is InChI=1S/C19H20N2O5S/c22-18(20-16-9-7-14(8-10-16)19(23)24)15-5-4-6-17(13-15)27(25,26)21-11-2-1-3-12-21/h4-10,13H,1-3,11-12H2,(H,20,22)(H,23,24)/p-1. The van der Waals surface area contributed by atoms with Gasteiger partial charge in [-0.25, -0.2) is 8.42 Å². The topological polar surface area (TPSA) is 107 Å². The molecule has 1 saturated heterocycles. The van der Waals surface area contributed by atoms with Gasteiger partial charge in [0.05, 0.1) is 10.9 Å². The highest BCUT2D eigenvalue weighted by Crippen LogP contribution is 2.22. The Hall–Kier alpha value is -2.71. The highest BCUT2D eigenvalue weighted by Gasteiger charge is 2.26. The molecule has 1 aliphatic heterocycles. The zero-order valence-electron chi connectivity index (χ0n) is 14.6. The Balaban J connectivity index is 1.78. The Kier molecular flexibility index (Phi) is 5.57. The fourth-order valence-corrected chi connectivity index (χ4v) is 4.51. The minimum absolute atomic E-state index is 0.00243. The quantitative estimate of drug-likeness (QED) is 0.836. The Morgan fingerprint density at radius 2 is 1.59 bits per heavy atom. The van der Waals surface area contributed by atoms with E-state index in [0.717, 1.165) is 19.3 Å². The van der Waals surface area contributed by atoms with E-state index in [2.05, 4.69) is 5.32 Å². The summed E-state index contributed by atoms with van der Waals surface area (Å²) in [7, 11) is -3.62. The molecule has 1 heterocycles. The van der Waals surface area contributed by atoms with Crippen LogP contribution in [0.15, 0.2) is 53.4 Å². The summed E-state index contributed by atoms with van der Waals surface area (Å²) < 4.78 is 27.0. The van der Waals surface area contributed by atoms with Gasteiger partial charge in [0, 0.05) is 24.3 Å². The average Bonchev–Trinajstić information content (AvgIpc) is 2.69. The van der Waals surface area contributed by atoms with Crippen molar-refractivity contribution in [1.29, 1.82) is 0 Å². The first-order chi connectivity index (χ1) is 12.9. The van der Waals surface area contributed by atoms with Gasteiger partial charge in [-0.05, 0) is 48.7 Å². The fraction of sp³-hybridized carbons (Fsp3) is 0.263. The number of carbonyl (C=O) groups is 2. The number of hydrogen-bond acceptors (Lipinski definition) is 5. The van der Waals surface area contributed by atoms with Crippen molar-refractivity contribution in [2.75, 3.05) is 18.4 Å². The molecule has 8 heteroatoms.